The molecule has 0 aliphatic rings. The lowest BCUT2D eigenvalue weighted by molar-refractivity contribution is -0.131. The molecule has 3 nitrogen and oxygen atoms in total. The van der Waals surface area contributed by atoms with Crippen LogP contribution < -0.4 is 5.73 Å². The monoisotopic (exact) mass is 276 g/mol. The molecule has 112 valence electrons. The third-order valence-electron chi connectivity index (χ3n) is 3.83. The molecule has 1 amide bonds. The predicted octanol–water partition coefficient (Wildman–Crippen LogP) is 3.01. The largest absolute Gasteiger partial charge is 0.345 e. The molecule has 1 rings (SSSR count). The molecule has 0 radical (unpaired) electrons. The van der Waals surface area contributed by atoms with Crippen LogP contribution in [0.1, 0.15) is 45.1 Å². The van der Waals surface area contributed by atoms with Crippen LogP contribution in [0.5, 0.6) is 0 Å². The number of hydrogen-bond donors (Lipinski definition) is 1. The molecule has 0 aliphatic heterocycles. The first kappa shape index (κ1) is 16.7. The van der Waals surface area contributed by atoms with Gasteiger partial charge in [-0.2, -0.15) is 0 Å². The molecule has 0 aromatic heterocycles. The molecule has 1 aromatic rings. The van der Waals surface area contributed by atoms with Crippen LogP contribution in [0.2, 0.25) is 0 Å². The van der Waals surface area contributed by atoms with Gasteiger partial charge in [-0.1, -0.05) is 51.1 Å². The van der Waals surface area contributed by atoms with E-state index < -0.39 is 0 Å². The van der Waals surface area contributed by atoms with Crippen LogP contribution in [0, 0.1) is 5.41 Å². The van der Waals surface area contributed by atoms with Crippen LogP contribution in [-0.4, -0.2) is 30.9 Å². The molecule has 0 heterocycles. The number of nitrogens with zero attached hydrogens (tertiary/aromatic N) is 1. The first-order chi connectivity index (χ1) is 9.39. The highest BCUT2D eigenvalue weighted by molar-refractivity contribution is 5.76. The lowest BCUT2D eigenvalue weighted by Gasteiger charge is -2.30. The smallest absolute Gasteiger partial charge is 0.222 e. The van der Waals surface area contributed by atoms with Gasteiger partial charge >= 0.3 is 0 Å². The number of amides is 1. The Hall–Kier alpha value is -1.35. The molecule has 3 heteroatoms. The zero-order valence-corrected chi connectivity index (χ0v) is 13.2. The SMILES string of the molecule is CCC(CC(=O)N(C)CC(C)(C)CN)c1ccccc1. The highest BCUT2D eigenvalue weighted by Crippen LogP contribution is 2.24. The van der Waals surface area contributed by atoms with E-state index in [9.17, 15) is 4.79 Å². The number of carbonyl (C=O) groups excluding carboxylic acids is 1. The third-order valence-corrected chi connectivity index (χ3v) is 3.83. The lowest BCUT2D eigenvalue weighted by atomic mass is 9.91. The van der Waals surface area contributed by atoms with E-state index in [4.69, 9.17) is 5.73 Å². The molecule has 0 bridgehead atoms. The number of carbonyl (C=O) groups is 1. The second-order valence-electron chi connectivity index (χ2n) is 6.34. The fraction of sp³-hybridized carbons (Fsp3) is 0.588. The van der Waals surface area contributed by atoms with E-state index in [0.29, 0.717) is 25.4 Å². The van der Waals surface area contributed by atoms with Gasteiger partial charge in [0, 0.05) is 20.0 Å². The van der Waals surface area contributed by atoms with Gasteiger partial charge in [0.05, 0.1) is 0 Å². The molecular weight excluding hydrogens is 248 g/mol. The zero-order valence-electron chi connectivity index (χ0n) is 13.2. The standard InChI is InChI=1S/C17H28N2O/c1-5-14(15-9-7-6-8-10-15)11-16(20)19(4)13-17(2,3)12-18/h6-10,14H,5,11-13,18H2,1-4H3. The molecule has 1 unspecified atom stereocenters. The average molecular weight is 276 g/mol. The maximum absolute atomic E-state index is 12.4. The van der Waals surface area contributed by atoms with Crippen molar-refractivity contribution in [1.82, 2.24) is 4.90 Å². The number of hydrogen-bond acceptors (Lipinski definition) is 2. The Morgan fingerprint density at radius 3 is 2.40 bits per heavy atom. The van der Waals surface area contributed by atoms with E-state index in [-0.39, 0.29) is 11.3 Å². The van der Waals surface area contributed by atoms with Gasteiger partial charge in [0.25, 0.3) is 0 Å². The van der Waals surface area contributed by atoms with Gasteiger partial charge < -0.3 is 10.6 Å². The number of rotatable bonds is 7. The molecule has 0 fully saturated rings. The average Bonchev–Trinajstić information content (AvgIpc) is 2.44. The summed E-state index contributed by atoms with van der Waals surface area (Å²) in [6, 6.07) is 10.3. The van der Waals surface area contributed by atoms with Crippen molar-refractivity contribution in [1.29, 1.82) is 0 Å². The minimum absolute atomic E-state index is 0.0289. The third kappa shape index (κ3) is 4.97. The summed E-state index contributed by atoms with van der Waals surface area (Å²) in [5, 5.41) is 0. The van der Waals surface area contributed by atoms with Crippen molar-refractivity contribution < 1.29 is 4.79 Å². The molecular formula is C17H28N2O. The van der Waals surface area contributed by atoms with E-state index in [2.05, 4.69) is 32.9 Å². The van der Waals surface area contributed by atoms with Crippen LogP contribution in [0.15, 0.2) is 30.3 Å². The molecule has 0 spiro atoms. The summed E-state index contributed by atoms with van der Waals surface area (Å²) in [5.41, 5.74) is 6.95. The minimum Gasteiger partial charge on any atom is -0.345 e. The van der Waals surface area contributed by atoms with Crippen LogP contribution in [-0.2, 0) is 4.79 Å². The predicted molar refractivity (Wildman–Crippen MR) is 84.6 cm³/mol. The van der Waals surface area contributed by atoms with Gasteiger partial charge in [-0.15, -0.1) is 0 Å². The normalized spacial score (nSPS) is 13.1. The first-order valence-corrected chi connectivity index (χ1v) is 7.38. The highest BCUT2D eigenvalue weighted by atomic mass is 16.2. The molecule has 0 saturated heterocycles. The van der Waals surface area contributed by atoms with E-state index >= 15 is 0 Å². The number of benzene rings is 1. The quantitative estimate of drug-likeness (QED) is 0.832. The van der Waals surface area contributed by atoms with Crippen molar-refractivity contribution in [2.24, 2.45) is 11.1 Å². The molecule has 2 N–H and O–H groups in total. The maximum atomic E-state index is 12.4. The molecule has 1 aromatic carbocycles. The summed E-state index contributed by atoms with van der Waals surface area (Å²) in [7, 11) is 1.87. The van der Waals surface area contributed by atoms with E-state index in [1.54, 1.807) is 0 Å². The summed E-state index contributed by atoms with van der Waals surface area (Å²) < 4.78 is 0. The van der Waals surface area contributed by atoms with Crippen LogP contribution >= 0.6 is 0 Å². The molecule has 0 saturated carbocycles. The summed E-state index contributed by atoms with van der Waals surface area (Å²) in [6.07, 6.45) is 1.54. The second-order valence-corrected chi connectivity index (χ2v) is 6.34. The van der Waals surface area contributed by atoms with Crippen molar-refractivity contribution in [3.05, 3.63) is 35.9 Å². The van der Waals surface area contributed by atoms with Crippen molar-refractivity contribution >= 4 is 5.91 Å². The summed E-state index contributed by atoms with van der Waals surface area (Å²) >= 11 is 0. The molecule has 1 atom stereocenters. The molecule has 20 heavy (non-hydrogen) atoms. The van der Waals surface area contributed by atoms with Gasteiger partial charge in [-0.25, -0.2) is 0 Å². The van der Waals surface area contributed by atoms with Crippen molar-refractivity contribution in [2.45, 2.75) is 39.5 Å². The first-order valence-electron chi connectivity index (χ1n) is 7.38. The van der Waals surface area contributed by atoms with E-state index in [1.165, 1.54) is 5.56 Å². The van der Waals surface area contributed by atoms with Gasteiger partial charge in [-0.05, 0) is 29.9 Å². The van der Waals surface area contributed by atoms with Gasteiger partial charge in [0.2, 0.25) is 5.91 Å². The number of nitrogens with two attached hydrogens (primary N) is 1. The van der Waals surface area contributed by atoms with Crippen LogP contribution in [0.3, 0.4) is 0 Å². The summed E-state index contributed by atoms with van der Waals surface area (Å²) in [6.45, 7) is 7.60. The fourth-order valence-corrected chi connectivity index (χ4v) is 2.38. The zero-order chi connectivity index (χ0) is 15.2. The van der Waals surface area contributed by atoms with Gasteiger partial charge in [-0.3, -0.25) is 4.79 Å². The maximum Gasteiger partial charge on any atom is 0.222 e. The van der Waals surface area contributed by atoms with Crippen molar-refractivity contribution in [3.63, 3.8) is 0 Å². The second kappa shape index (κ2) is 7.44. The Kier molecular flexibility index (Phi) is 6.21. The van der Waals surface area contributed by atoms with Crippen molar-refractivity contribution in [3.8, 4) is 0 Å². The molecule has 0 aliphatic carbocycles. The Labute approximate surface area is 123 Å². The van der Waals surface area contributed by atoms with E-state index in [0.717, 1.165) is 6.42 Å². The van der Waals surface area contributed by atoms with Gasteiger partial charge in [0.1, 0.15) is 0 Å². The minimum atomic E-state index is -0.0289. The lowest BCUT2D eigenvalue weighted by Crippen LogP contribution is -2.40. The fourth-order valence-electron chi connectivity index (χ4n) is 2.38. The summed E-state index contributed by atoms with van der Waals surface area (Å²) in [4.78, 5) is 14.2. The van der Waals surface area contributed by atoms with Crippen LogP contribution in [0.4, 0.5) is 0 Å². The van der Waals surface area contributed by atoms with Crippen molar-refractivity contribution in [2.75, 3.05) is 20.1 Å². The Morgan fingerprint density at radius 2 is 1.90 bits per heavy atom. The highest BCUT2D eigenvalue weighted by Gasteiger charge is 2.23. The Morgan fingerprint density at radius 1 is 1.30 bits per heavy atom. The summed E-state index contributed by atoms with van der Waals surface area (Å²) in [5.74, 6) is 0.495. The Balaban J connectivity index is 2.64. The van der Waals surface area contributed by atoms with E-state index in [1.807, 2.05) is 30.1 Å². The van der Waals surface area contributed by atoms with Gasteiger partial charge in [0.15, 0.2) is 0 Å². The van der Waals surface area contributed by atoms with Crippen LogP contribution in [0.25, 0.3) is 0 Å². The topological polar surface area (TPSA) is 46.3 Å². The Bertz CT molecular complexity index is 414.